The lowest BCUT2D eigenvalue weighted by molar-refractivity contribution is -0.160. The maximum absolute atomic E-state index is 12.0. The molecule has 0 heterocycles. The summed E-state index contributed by atoms with van der Waals surface area (Å²) >= 11 is 5.80. The predicted molar refractivity (Wildman–Crippen MR) is 85.8 cm³/mol. The molecule has 1 fully saturated rings. The Morgan fingerprint density at radius 1 is 1.35 bits per heavy atom. The number of hydrogen-bond acceptors (Lipinski definition) is 4. The number of ketones is 1. The van der Waals surface area contributed by atoms with Gasteiger partial charge < -0.3 is 10.1 Å². The molecule has 2 unspecified atom stereocenters. The number of hydrogen-bond donors (Lipinski definition) is 1. The maximum atomic E-state index is 12.0. The summed E-state index contributed by atoms with van der Waals surface area (Å²) in [6, 6.07) is 7.11. The molecule has 0 spiro atoms. The number of nitrogens with one attached hydrogen (secondary N) is 1. The van der Waals surface area contributed by atoms with Crippen LogP contribution in [0.25, 0.3) is 0 Å². The van der Waals surface area contributed by atoms with Crippen LogP contribution in [-0.2, 0) is 25.7 Å². The highest BCUT2D eigenvalue weighted by Crippen LogP contribution is 2.22. The van der Waals surface area contributed by atoms with Gasteiger partial charge in [-0.25, -0.2) is 0 Å². The average Bonchev–Trinajstić information content (AvgIpc) is 2.54. The number of ether oxygens (including phenoxy) is 1. The minimum Gasteiger partial charge on any atom is -0.452 e. The molecule has 1 aromatic rings. The molecular weight excluding hydrogens is 318 g/mol. The van der Waals surface area contributed by atoms with Crippen molar-refractivity contribution in [3.05, 3.63) is 34.9 Å². The van der Waals surface area contributed by atoms with Gasteiger partial charge in [0, 0.05) is 24.4 Å². The Kier molecular flexibility index (Phi) is 6.16. The molecule has 0 saturated heterocycles. The highest BCUT2D eigenvalue weighted by molar-refractivity contribution is 6.30. The summed E-state index contributed by atoms with van der Waals surface area (Å²) in [6.45, 7) is 1.86. The molecule has 0 aliphatic heterocycles. The standard InChI is InChI=1S/C17H20ClNO4/c1-11(23-17(22)13-3-2-4-15(20)9-13)16(21)19-10-12-5-7-14(18)8-6-12/h5-8,11,13H,2-4,9-10H2,1H3,(H,19,21). The summed E-state index contributed by atoms with van der Waals surface area (Å²) < 4.78 is 5.18. The number of Topliss-reactive ketones (excluding diaryl/α,β-unsaturated/α-hetero) is 1. The van der Waals surface area contributed by atoms with Gasteiger partial charge in [0.25, 0.3) is 5.91 Å². The van der Waals surface area contributed by atoms with Crippen molar-refractivity contribution in [2.75, 3.05) is 0 Å². The van der Waals surface area contributed by atoms with Gasteiger partial charge in [-0.3, -0.25) is 14.4 Å². The highest BCUT2D eigenvalue weighted by atomic mass is 35.5. The second-order valence-electron chi connectivity index (χ2n) is 5.76. The first-order chi connectivity index (χ1) is 11.0. The number of benzene rings is 1. The van der Waals surface area contributed by atoms with Crippen LogP contribution < -0.4 is 5.32 Å². The van der Waals surface area contributed by atoms with Crippen LogP contribution in [-0.4, -0.2) is 23.8 Å². The maximum Gasteiger partial charge on any atom is 0.310 e. The van der Waals surface area contributed by atoms with Gasteiger partial charge in [0.1, 0.15) is 5.78 Å². The van der Waals surface area contributed by atoms with Crippen LogP contribution in [0.4, 0.5) is 0 Å². The van der Waals surface area contributed by atoms with Crippen LogP contribution in [0.2, 0.25) is 5.02 Å². The van der Waals surface area contributed by atoms with E-state index in [1.54, 1.807) is 12.1 Å². The zero-order valence-corrected chi connectivity index (χ0v) is 13.8. The summed E-state index contributed by atoms with van der Waals surface area (Å²) in [4.78, 5) is 35.4. The minimum absolute atomic E-state index is 0.0815. The van der Waals surface area contributed by atoms with Crippen molar-refractivity contribution >= 4 is 29.3 Å². The molecule has 1 aliphatic rings. The van der Waals surface area contributed by atoms with Gasteiger partial charge in [0.2, 0.25) is 0 Å². The van der Waals surface area contributed by atoms with Gasteiger partial charge in [0.15, 0.2) is 6.10 Å². The lowest BCUT2D eigenvalue weighted by Gasteiger charge is -2.21. The van der Waals surface area contributed by atoms with Crippen LogP contribution in [0.5, 0.6) is 0 Å². The first-order valence-electron chi connectivity index (χ1n) is 7.70. The van der Waals surface area contributed by atoms with Gasteiger partial charge >= 0.3 is 5.97 Å². The minimum atomic E-state index is -0.883. The number of amides is 1. The van der Waals surface area contributed by atoms with Crippen molar-refractivity contribution in [2.24, 2.45) is 5.92 Å². The smallest absolute Gasteiger partial charge is 0.310 e. The molecule has 5 nitrogen and oxygen atoms in total. The van der Waals surface area contributed by atoms with Crippen LogP contribution in [0.3, 0.4) is 0 Å². The quantitative estimate of drug-likeness (QED) is 0.838. The third kappa shape index (κ3) is 5.36. The SMILES string of the molecule is CC(OC(=O)C1CCCC(=O)C1)C(=O)NCc1ccc(Cl)cc1. The normalized spacial score (nSPS) is 19.0. The van der Waals surface area contributed by atoms with Crippen molar-refractivity contribution in [1.29, 1.82) is 0 Å². The van der Waals surface area contributed by atoms with E-state index in [2.05, 4.69) is 5.32 Å². The highest BCUT2D eigenvalue weighted by Gasteiger charge is 2.29. The van der Waals surface area contributed by atoms with Crippen molar-refractivity contribution in [2.45, 2.75) is 45.3 Å². The number of esters is 1. The van der Waals surface area contributed by atoms with Gasteiger partial charge in [0.05, 0.1) is 5.92 Å². The Labute approximate surface area is 140 Å². The van der Waals surface area contributed by atoms with Crippen LogP contribution in [0.15, 0.2) is 24.3 Å². The van der Waals surface area contributed by atoms with E-state index in [1.807, 2.05) is 12.1 Å². The van der Waals surface area contributed by atoms with E-state index in [0.29, 0.717) is 30.8 Å². The fraction of sp³-hybridized carbons (Fsp3) is 0.471. The molecule has 1 aromatic carbocycles. The molecule has 23 heavy (non-hydrogen) atoms. The van der Waals surface area contributed by atoms with Crippen LogP contribution >= 0.6 is 11.6 Å². The van der Waals surface area contributed by atoms with Gasteiger partial charge in [-0.15, -0.1) is 0 Å². The molecule has 6 heteroatoms. The van der Waals surface area contributed by atoms with E-state index in [-0.39, 0.29) is 18.1 Å². The molecule has 0 bridgehead atoms. The number of rotatable bonds is 5. The summed E-state index contributed by atoms with van der Waals surface area (Å²) in [5.41, 5.74) is 0.902. The first-order valence-corrected chi connectivity index (χ1v) is 8.08. The monoisotopic (exact) mass is 337 g/mol. The van der Waals surface area contributed by atoms with E-state index < -0.39 is 18.0 Å². The summed E-state index contributed by atoms with van der Waals surface area (Å²) in [5, 5.41) is 3.34. The Morgan fingerprint density at radius 2 is 2.04 bits per heavy atom. The summed E-state index contributed by atoms with van der Waals surface area (Å²) in [7, 11) is 0. The molecule has 2 rings (SSSR count). The van der Waals surface area contributed by atoms with Crippen molar-refractivity contribution in [3.63, 3.8) is 0 Å². The van der Waals surface area contributed by atoms with E-state index in [9.17, 15) is 14.4 Å². The van der Waals surface area contributed by atoms with Gasteiger partial charge in [-0.05, 0) is 37.5 Å². The second kappa shape index (κ2) is 8.11. The fourth-order valence-electron chi connectivity index (χ4n) is 2.48. The van der Waals surface area contributed by atoms with Crippen LogP contribution in [0.1, 0.15) is 38.2 Å². The first kappa shape index (κ1) is 17.5. The van der Waals surface area contributed by atoms with Crippen LogP contribution in [0, 0.1) is 5.92 Å². The topological polar surface area (TPSA) is 72.5 Å². The molecule has 1 aliphatic carbocycles. The molecule has 1 amide bonds. The average molecular weight is 338 g/mol. The fourth-order valence-corrected chi connectivity index (χ4v) is 2.61. The van der Waals surface area contributed by atoms with Gasteiger partial charge in [-0.1, -0.05) is 23.7 Å². The molecule has 124 valence electrons. The third-order valence-corrected chi connectivity index (χ3v) is 4.11. The predicted octanol–water partition coefficient (Wildman–Crippen LogP) is 2.65. The third-order valence-electron chi connectivity index (χ3n) is 3.86. The van der Waals surface area contributed by atoms with Crippen molar-refractivity contribution < 1.29 is 19.1 Å². The summed E-state index contributed by atoms with van der Waals surface area (Å²) in [5.74, 6) is -1.16. The Morgan fingerprint density at radius 3 is 2.70 bits per heavy atom. The lowest BCUT2D eigenvalue weighted by atomic mass is 9.88. The van der Waals surface area contributed by atoms with E-state index in [4.69, 9.17) is 16.3 Å². The largest absolute Gasteiger partial charge is 0.452 e. The Bertz CT molecular complexity index is 585. The Hall–Kier alpha value is -1.88. The lowest BCUT2D eigenvalue weighted by Crippen LogP contribution is -2.37. The molecular formula is C17H20ClNO4. The molecule has 2 atom stereocenters. The van der Waals surface area contributed by atoms with E-state index in [0.717, 1.165) is 5.56 Å². The molecule has 1 N–H and O–H groups in total. The molecule has 1 saturated carbocycles. The number of carbonyl (C=O) groups excluding carboxylic acids is 3. The van der Waals surface area contributed by atoms with E-state index in [1.165, 1.54) is 6.92 Å². The number of carbonyl (C=O) groups is 3. The summed E-state index contributed by atoms with van der Waals surface area (Å²) in [6.07, 6.45) is 1.21. The zero-order chi connectivity index (χ0) is 16.8. The zero-order valence-electron chi connectivity index (χ0n) is 13.0. The van der Waals surface area contributed by atoms with Crippen molar-refractivity contribution in [3.8, 4) is 0 Å². The molecule has 0 radical (unpaired) electrons. The van der Waals surface area contributed by atoms with E-state index >= 15 is 0 Å². The Balaban J connectivity index is 1.78. The van der Waals surface area contributed by atoms with Gasteiger partial charge in [-0.2, -0.15) is 0 Å². The van der Waals surface area contributed by atoms with Crippen molar-refractivity contribution in [1.82, 2.24) is 5.32 Å². The number of halogens is 1. The molecule has 0 aromatic heterocycles. The second-order valence-corrected chi connectivity index (χ2v) is 6.19.